The molecule has 3 aromatic rings. The molecule has 4 nitrogen and oxygen atoms in total. The predicted octanol–water partition coefficient (Wildman–Crippen LogP) is 5.24. The second-order valence-corrected chi connectivity index (χ2v) is 9.43. The normalized spacial score (nSPS) is 16.0. The first-order valence-corrected chi connectivity index (χ1v) is 11.7. The molecule has 1 aromatic heterocycles. The lowest BCUT2D eigenvalue weighted by atomic mass is 9.72. The summed E-state index contributed by atoms with van der Waals surface area (Å²) in [5, 5.41) is 3.17. The molecule has 0 bridgehead atoms. The quantitative estimate of drug-likeness (QED) is 0.541. The summed E-state index contributed by atoms with van der Waals surface area (Å²) in [5.41, 5.74) is 3.91. The molecule has 1 aliphatic heterocycles. The van der Waals surface area contributed by atoms with Gasteiger partial charge in [-0.3, -0.25) is 14.7 Å². The highest BCUT2D eigenvalue weighted by Gasteiger charge is 2.41. The van der Waals surface area contributed by atoms with Gasteiger partial charge in [-0.25, -0.2) is 4.39 Å². The van der Waals surface area contributed by atoms with Crippen LogP contribution < -0.4 is 5.32 Å². The number of likely N-dealkylation sites (tertiary alicyclic amines) is 1. The molecule has 1 N–H and O–H groups in total. The van der Waals surface area contributed by atoms with Crippen molar-refractivity contribution >= 4 is 5.91 Å². The van der Waals surface area contributed by atoms with Gasteiger partial charge in [0.1, 0.15) is 5.82 Å². The Bertz CT molecular complexity index is 1060. The van der Waals surface area contributed by atoms with Gasteiger partial charge in [0.25, 0.3) is 0 Å². The summed E-state index contributed by atoms with van der Waals surface area (Å²) in [6.45, 7) is 6.35. The Kier molecular flexibility index (Phi) is 7.19. The molecule has 33 heavy (non-hydrogen) atoms. The molecule has 1 fully saturated rings. The van der Waals surface area contributed by atoms with Gasteiger partial charge in [0.05, 0.1) is 5.41 Å². The molecule has 0 radical (unpaired) electrons. The number of nitrogens with zero attached hydrogens (tertiary/aromatic N) is 2. The lowest BCUT2D eigenvalue weighted by Gasteiger charge is -2.41. The minimum absolute atomic E-state index is 0.104. The third kappa shape index (κ3) is 5.85. The Morgan fingerprint density at radius 3 is 2.42 bits per heavy atom. The van der Waals surface area contributed by atoms with E-state index in [-0.39, 0.29) is 17.8 Å². The second-order valence-electron chi connectivity index (χ2n) is 9.43. The third-order valence-corrected chi connectivity index (χ3v) is 6.50. The SMILES string of the molecule is CC(C)NC(=O)C1(Cc2ccc(-c3cccnc3)cc2)CCN(Cc2cccc(F)c2)CC1. The summed E-state index contributed by atoms with van der Waals surface area (Å²) in [6.07, 6.45) is 5.92. The van der Waals surface area contributed by atoms with Gasteiger partial charge < -0.3 is 5.32 Å². The van der Waals surface area contributed by atoms with Crippen molar-refractivity contribution in [3.05, 3.63) is 90.0 Å². The summed E-state index contributed by atoms with van der Waals surface area (Å²) in [4.78, 5) is 19.9. The summed E-state index contributed by atoms with van der Waals surface area (Å²) in [7, 11) is 0. The van der Waals surface area contributed by atoms with Crippen LogP contribution in [-0.4, -0.2) is 34.9 Å². The fraction of sp³-hybridized carbons (Fsp3) is 0.357. The lowest BCUT2D eigenvalue weighted by Crippen LogP contribution is -2.51. The van der Waals surface area contributed by atoms with Crippen LogP contribution in [0.3, 0.4) is 0 Å². The molecule has 1 amide bonds. The average molecular weight is 446 g/mol. The van der Waals surface area contributed by atoms with Crippen molar-refractivity contribution in [2.75, 3.05) is 13.1 Å². The fourth-order valence-electron chi connectivity index (χ4n) is 4.67. The molecule has 2 heterocycles. The van der Waals surface area contributed by atoms with Crippen LogP contribution in [0.1, 0.15) is 37.8 Å². The standard InChI is InChI=1S/C28H32FN3O/c1-21(2)31-27(33)28(12-15-32(16-13-28)20-23-5-3-7-26(29)17-23)18-22-8-10-24(11-9-22)25-6-4-14-30-19-25/h3-11,14,17,19,21H,12-13,15-16,18,20H2,1-2H3,(H,31,33). The Morgan fingerprint density at radius 1 is 1.03 bits per heavy atom. The molecule has 4 rings (SSSR count). The highest BCUT2D eigenvalue weighted by Crippen LogP contribution is 2.36. The van der Waals surface area contributed by atoms with E-state index >= 15 is 0 Å². The molecule has 0 aliphatic carbocycles. The number of hydrogen-bond donors (Lipinski definition) is 1. The van der Waals surface area contributed by atoms with Crippen LogP contribution >= 0.6 is 0 Å². The molecule has 2 aromatic carbocycles. The van der Waals surface area contributed by atoms with E-state index in [0.29, 0.717) is 13.0 Å². The number of rotatable bonds is 7. The maximum absolute atomic E-state index is 13.6. The van der Waals surface area contributed by atoms with E-state index in [9.17, 15) is 9.18 Å². The van der Waals surface area contributed by atoms with Gasteiger partial charge in [-0.2, -0.15) is 0 Å². The van der Waals surface area contributed by atoms with Crippen LogP contribution in [0.4, 0.5) is 4.39 Å². The van der Waals surface area contributed by atoms with Crippen LogP contribution in [0.2, 0.25) is 0 Å². The number of amides is 1. The van der Waals surface area contributed by atoms with E-state index in [2.05, 4.69) is 39.5 Å². The summed E-state index contributed by atoms with van der Waals surface area (Å²) < 4.78 is 13.6. The Labute approximate surface area is 195 Å². The minimum atomic E-state index is -0.432. The van der Waals surface area contributed by atoms with Gasteiger partial charge >= 0.3 is 0 Å². The summed E-state index contributed by atoms with van der Waals surface area (Å²) in [5.74, 6) is -0.0656. The number of hydrogen-bond acceptors (Lipinski definition) is 3. The van der Waals surface area contributed by atoms with Crippen LogP contribution in [0.5, 0.6) is 0 Å². The average Bonchev–Trinajstić information content (AvgIpc) is 2.81. The van der Waals surface area contributed by atoms with E-state index in [1.54, 1.807) is 18.3 Å². The highest BCUT2D eigenvalue weighted by molar-refractivity contribution is 5.83. The van der Waals surface area contributed by atoms with Crippen molar-refractivity contribution < 1.29 is 9.18 Å². The van der Waals surface area contributed by atoms with Gasteiger partial charge in [0.15, 0.2) is 0 Å². The fourth-order valence-corrected chi connectivity index (χ4v) is 4.67. The highest BCUT2D eigenvalue weighted by atomic mass is 19.1. The maximum atomic E-state index is 13.6. The second kappa shape index (κ2) is 10.3. The molecule has 0 unspecified atom stereocenters. The van der Waals surface area contributed by atoms with Crippen LogP contribution in [-0.2, 0) is 17.8 Å². The first-order chi connectivity index (χ1) is 15.9. The largest absolute Gasteiger partial charge is 0.353 e. The van der Waals surface area contributed by atoms with Crippen LogP contribution in [0.25, 0.3) is 11.1 Å². The van der Waals surface area contributed by atoms with Gasteiger partial charge in [0, 0.05) is 25.0 Å². The van der Waals surface area contributed by atoms with Gasteiger partial charge in [-0.15, -0.1) is 0 Å². The zero-order valence-corrected chi connectivity index (χ0v) is 19.4. The third-order valence-electron chi connectivity index (χ3n) is 6.50. The molecule has 0 spiro atoms. The number of benzene rings is 2. The Hall–Kier alpha value is -3.05. The zero-order chi connectivity index (χ0) is 23.3. The molecule has 5 heteroatoms. The van der Waals surface area contributed by atoms with Crippen molar-refractivity contribution in [2.24, 2.45) is 5.41 Å². The molecule has 0 saturated carbocycles. The van der Waals surface area contributed by atoms with E-state index in [0.717, 1.165) is 42.6 Å². The van der Waals surface area contributed by atoms with Crippen LogP contribution in [0, 0.1) is 11.2 Å². The topological polar surface area (TPSA) is 45.2 Å². The monoisotopic (exact) mass is 445 g/mol. The van der Waals surface area contributed by atoms with Crippen molar-refractivity contribution in [1.82, 2.24) is 15.2 Å². The number of halogens is 1. The number of carbonyl (C=O) groups is 1. The van der Waals surface area contributed by atoms with Gasteiger partial charge in [0.2, 0.25) is 5.91 Å². The van der Waals surface area contributed by atoms with Crippen molar-refractivity contribution in [3.8, 4) is 11.1 Å². The zero-order valence-electron chi connectivity index (χ0n) is 19.4. The van der Waals surface area contributed by atoms with Gasteiger partial charge in [-0.05, 0) is 86.7 Å². The van der Waals surface area contributed by atoms with Crippen molar-refractivity contribution in [2.45, 2.75) is 45.7 Å². The Balaban J connectivity index is 1.48. The van der Waals surface area contributed by atoms with Crippen molar-refractivity contribution in [3.63, 3.8) is 0 Å². The molecular weight excluding hydrogens is 413 g/mol. The van der Waals surface area contributed by atoms with E-state index in [1.165, 1.54) is 11.6 Å². The number of pyridine rings is 1. The van der Waals surface area contributed by atoms with Gasteiger partial charge in [-0.1, -0.05) is 42.5 Å². The lowest BCUT2D eigenvalue weighted by molar-refractivity contribution is -0.134. The number of aromatic nitrogens is 1. The summed E-state index contributed by atoms with van der Waals surface area (Å²) in [6, 6.07) is 19.4. The Morgan fingerprint density at radius 2 is 1.79 bits per heavy atom. The number of nitrogens with one attached hydrogen (secondary N) is 1. The smallest absolute Gasteiger partial charge is 0.226 e. The van der Waals surface area contributed by atoms with E-state index in [1.807, 2.05) is 38.2 Å². The molecule has 1 saturated heterocycles. The van der Waals surface area contributed by atoms with E-state index < -0.39 is 5.41 Å². The van der Waals surface area contributed by atoms with Crippen LogP contribution in [0.15, 0.2) is 73.1 Å². The molecule has 1 aliphatic rings. The molecular formula is C28H32FN3O. The number of carbonyl (C=O) groups excluding carboxylic acids is 1. The first kappa shape index (κ1) is 23.1. The molecule has 172 valence electrons. The minimum Gasteiger partial charge on any atom is -0.353 e. The first-order valence-electron chi connectivity index (χ1n) is 11.7. The maximum Gasteiger partial charge on any atom is 0.226 e. The molecule has 0 atom stereocenters. The van der Waals surface area contributed by atoms with E-state index in [4.69, 9.17) is 0 Å². The number of piperidine rings is 1. The van der Waals surface area contributed by atoms with Crippen molar-refractivity contribution in [1.29, 1.82) is 0 Å². The summed E-state index contributed by atoms with van der Waals surface area (Å²) >= 11 is 0. The predicted molar refractivity (Wildman–Crippen MR) is 130 cm³/mol.